The molecule has 4 heterocycles. The van der Waals surface area contributed by atoms with Gasteiger partial charge < -0.3 is 39.9 Å². The molecule has 4 N–H and O–H groups in total. The first-order chi connectivity index (χ1) is 28.8. The Morgan fingerprint density at radius 1 is 0.700 bits per heavy atom. The molecule has 14 nitrogen and oxygen atoms in total. The second-order valence-corrected chi connectivity index (χ2v) is 18.1. The van der Waals surface area contributed by atoms with Crippen LogP contribution in [0.2, 0.25) is 0 Å². The van der Waals surface area contributed by atoms with Crippen LogP contribution in [0.4, 0.5) is 9.59 Å². The number of imidazole rings is 2. The van der Waals surface area contributed by atoms with Crippen LogP contribution in [0.3, 0.4) is 0 Å². The maximum atomic E-state index is 14.0. The van der Waals surface area contributed by atoms with E-state index in [1.54, 1.807) is 0 Å². The summed E-state index contributed by atoms with van der Waals surface area (Å²) in [5.41, 5.74) is 4.68. The Hall–Kier alpha value is -5.92. The number of methoxy groups -OCH3 is 2. The van der Waals surface area contributed by atoms with Gasteiger partial charge in [0.1, 0.15) is 34.8 Å². The highest BCUT2D eigenvalue weighted by atomic mass is 16.5. The van der Waals surface area contributed by atoms with Gasteiger partial charge in [0.2, 0.25) is 11.8 Å². The highest BCUT2D eigenvalue weighted by Crippen LogP contribution is 2.54. The number of aromatic amines is 2. The van der Waals surface area contributed by atoms with Crippen LogP contribution in [0.15, 0.2) is 60.8 Å². The molecule has 0 radical (unpaired) electrons. The number of alkyl carbamates (subject to hydrolysis) is 2. The van der Waals surface area contributed by atoms with Crippen LogP contribution in [0.25, 0.3) is 44.2 Å². The maximum Gasteiger partial charge on any atom is 0.407 e. The zero-order valence-electron chi connectivity index (χ0n) is 35.1. The summed E-state index contributed by atoms with van der Waals surface area (Å²) >= 11 is 0. The van der Waals surface area contributed by atoms with E-state index in [0.29, 0.717) is 24.9 Å². The molecule has 14 heteroatoms. The summed E-state index contributed by atoms with van der Waals surface area (Å²) in [5.74, 6) is 1.95. The lowest BCUT2D eigenvalue weighted by Crippen LogP contribution is -2.56. The zero-order valence-corrected chi connectivity index (χ0v) is 35.1. The van der Waals surface area contributed by atoms with Gasteiger partial charge in [-0.25, -0.2) is 19.6 Å². The summed E-state index contributed by atoms with van der Waals surface area (Å²) in [5, 5.41) is 7.71. The molecule has 5 aromatic rings. The zero-order chi connectivity index (χ0) is 42.1. The monoisotopic (exact) mass is 814 g/mol. The molecule has 9 rings (SSSR count). The van der Waals surface area contributed by atoms with Gasteiger partial charge in [0.25, 0.3) is 0 Å². The number of piperidine rings is 2. The lowest BCUT2D eigenvalue weighted by molar-refractivity contribution is -0.141. The van der Waals surface area contributed by atoms with Crippen LogP contribution < -0.4 is 10.6 Å². The molecular weight excluding hydrogens is 761 g/mol. The van der Waals surface area contributed by atoms with E-state index < -0.39 is 35.3 Å². The molecule has 0 unspecified atom stereocenters. The number of ether oxygens (including phenoxy) is 2. The molecule has 0 spiro atoms. The third-order valence-corrected chi connectivity index (χ3v) is 13.8. The summed E-state index contributed by atoms with van der Waals surface area (Å²) in [6.07, 6.45) is 6.02. The standard InChI is InChI=1S/C46H54N8O6/c1-25(2)37(51-43(57)59-5)39(55)53-23-27-13-15-45(53,20-27)41-47-22-36(50-41)33-10-9-29-17-30(7-8-31(29)18-33)32-11-12-34-35(19-32)49-42(48-34)46-16-14-28(21-46)24-54(46)40(56)38(26(3)4)52-44(58)60-6/h7-12,17-19,22,25-28,37-38H,13-16,20-21,23-24H2,1-6H3,(H,47,50)(H,48,49)(H,51,57)(H,52,58)/t27-,28-,37-,38-,45-,46-/m0/s1. The van der Waals surface area contributed by atoms with Crippen molar-refractivity contribution >= 4 is 45.8 Å². The highest BCUT2D eigenvalue weighted by molar-refractivity contribution is 5.92. The number of nitrogens with zero attached hydrogens (tertiary/aromatic N) is 4. The summed E-state index contributed by atoms with van der Waals surface area (Å²) < 4.78 is 9.67. The van der Waals surface area contributed by atoms with E-state index in [-0.39, 0.29) is 23.7 Å². The minimum Gasteiger partial charge on any atom is -0.453 e. The van der Waals surface area contributed by atoms with Crippen LogP contribution in [-0.4, -0.2) is 93.1 Å². The fourth-order valence-corrected chi connectivity index (χ4v) is 10.6. The first kappa shape index (κ1) is 39.5. The van der Waals surface area contributed by atoms with Gasteiger partial charge >= 0.3 is 12.2 Å². The second kappa shape index (κ2) is 15.0. The molecule has 60 heavy (non-hydrogen) atoms. The van der Waals surface area contributed by atoms with Crippen molar-refractivity contribution in [3.8, 4) is 22.4 Å². The normalized spacial score (nSPS) is 24.1. The second-order valence-electron chi connectivity index (χ2n) is 18.1. The van der Waals surface area contributed by atoms with E-state index in [1.807, 2.05) is 49.8 Å². The molecule has 4 fully saturated rings. The minimum atomic E-state index is -0.692. The van der Waals surface area contributed by atoms with E-state index in [4.69, 9.17) is 19.4 Å². The van der Waals surface area contributed by atoms with Crippen molar-refractivity contribution in [3.63, 3.8) is 0 Å². The van der Waals surface area contributed by atoms with Crippen molar-refractivity contribution in [3.05, 3.63) is 72.4 Å². The number of benzene rings is 3. The Labute approximate surface area is 349 Å². The number of nitrogens with one attached hydrogen (secondary N) is 4. The lowest BCUT2D eigenvalue weighted by atomic mass is 9.93. The topological polar surface area (TPSA) is 175 Å². The van der Waals surface area contributed by atoms with E-state index in [9.17, 15) is 19.2 Å². The van der Waals surface area contributed by atoms with Gasteiger partial charge in [-0.2, -0.15) is 0 Å². The van der Waals surface area contributed by atoms with Crippen LogP contribution in [-0.2, 0) is 30.1 Å². The smallest absolute Gasteiger partial charge is 0.407 e. The summed E-state index contributed by atoms with van der Waals surface area (Å²) in [6, 6.07) is 17.7. The number of carbonyl (C=O) groups is 4. The molecule has 2 aliphatic carbocycles. The molecule has 4 aliphatic rings. The molecule has 2 saturated heterocycles. The number of hydrogen-bond acceptors (Lipinski definition) is 8. The number of amides is 4. The maximum absolute atomic E-state index is 14.0. The van der Waals surface area contributed by atoms with Gasteiger partial charge in [0.05, 0.1) is 37.1 Å². The van der Waals surface area contributed by atoms with Crippen molar-refractivity contribution in [2.75, 3.05) is 27.3 Å². The Bertz CT molecular complexity index is 2510. The number of H-pyrrole nitrogens is 2. The molecule has 2 saturated carbocycles. The van der Waals surface area contributed by atoms with Crippen LogP contribution >= 0.6 is 0 Å². The summed E-state index contributed by atoms with van der Waals surface area (Å²) in [4.78, 5) is 73.4. The van der Waals surface area contributed by atoms with Crippen molar-refractivity contribution in [2.45, 2.75) is 89.4 Å². The first-order valence-electron chi connectivity index (χ1n) is 21.2. The van der Waals surface area contributed by atoms with Gasteiger partial charge in [-0.15, -0.1) is 0 Å². The fourth-order valence-electron chi connectivity index (χ4n) is 10.6. The van der Waals surface area contributed by atoms with Gasteiger partial charge in [-0.3, -0.25) is 9.59 Å². The van der Waals surface area contributed by atoms with Gasteiger partial charge in [-0.1, -0.05) is 58.0 Å². The van der Waals surface area contributed by atoms with Crippen LogP contribution in [0, 0.1) is 23.7 Å². The predicted octanol–water partition coefficient (Wildman–Crippen LogP) is 7.21. The average Bonchev–Trinajstić information content (AvgIpc) is 4.12. The van der Waals surface area contributed by atoms with Crippen molar-refractivity contribution in [1.29, 1.82) is 0 Å². The number of hydrogen-bond donors (Lipinski definition) is 4. The Kier molecular flexibility index (Phi) is 9.86. The first-order valence-corrected chi connectivity index (χ1v) is 21.2. The van der Waals surface area contributed by atoms with E-state index in [0.717, 1.165) is 94.4 Å². The van der Waals surface area contributed by atoms with Crippen molar-refractivity contribution in [2.24, 2.45) is 23.7 Å². The minimum absolute atomic E-state index is 0.101. The van der Waals surface area contributed by atoms with E-state index >= 15 is 0 Å². The molecule has 314 valence electrons. The summed E-state index contributed by atoms with van der Waals surface area (Å²) in [6.45, 7) is 9.01. The number of fused-ring (bicyclic) bond motifs is 6. The van der Waals surface area contributed by atoms with Crippen LogP contribution in [0.1, 0.15) is 77.9 Å². The van der Waals surface area contributed by atoms with E-state index in [2.05, 4.69) is 69.1 Å². The number of aromatic nitrogens is 4. The lowest BCUT2D eigenvalue weighted by Gasteiger charge is -2.40. The highest BCUT2D eigenvalue weighted by Gasteiger charge is 2.58. The Morgan fingerprint density at radius 2 is 1.22 bits per heavy atom. The third-order valence-electron chi connectivity index (χ3n) is 13.8. The largest absolute Gasteiger partial charge is 0.453 e. The molecule has 4 bridgehead atoms. The predicted molar refractivity (Wildman–Crippen MR) is 226 cm³/mol. The number of carbonyl (C=O) groups excluding carboxylic acids is 4. The Morgan fingerprint density at radius 3 is 1.77 bits per heavy atom. The average molecular weight is 815 g/mol. The van der Waals surface area contributed by atoms with Gasteiger partial charge in [-0.05, 0) is 108 Å². The van der Waals surface area contributed by atoms with Gasteiger partial charge in [0, 0.05) is 18.7 Å². The quantitative estimate of drug-likeness (QED) is 0.114. The fraction of sp³-hybridized carbons (Fsp3) is 0.478. The van der Waals surface area contributed by atoms with Crippen LogP contribution in [0.5, 0.6) is 0 Å². The van der Waals surface area contributed by atoms with E-state index in [1.165, 1.54) is 14.2 Å². The third kappa shape index (κ3) is 6.55. The number of likely N-dealkylation sites (tertiary alicyclic amines) is 2. The molecular formula is C46H54N8O6. The van der Waals surface area contributed by atoms with Gasteiger partial charge in [0.15, 0.2) is 0 Å². The number of rotatable bonds is 10. The molecule has 2 aliphatic heterocycles. The molecule has 2 aromatic heterocycles. The molecule has 3 aromatic carbocycles. The van der Waals surface area contributed by atoms with Crippen molar-refractivity contribution < 1.29 is 28.7 Å². The molecule has 6 atom stereocenters. The molecule has 4 amide bonds. The van der Waals surface area contributed by atoms with Crippen molar-refractivity contribution in [1.82, 2.24) is 40.4 Å². The summed E-state index contributed by atoms with van der Waals surface area (Å²) in [7, 11) is 2.62. The Balaban J connectivity index is 0.952. The SMILES string of the molecule is COC(=O)N[C@H](C(=O)N1C[C@H]2CC[C@@]1(c1ncc(-c3ccc4cc(-c5ccc6nc([C@@]78CC[C@H](CN7C(=O)[C@@H](NC(=O)OC)C(C)C)C8)[nH]c6c5)ccc4c3)[nH]1)C2)C(C)C.